The number of benzene rings is 8. The molecule has 8 aromatic rings. The maximum atomic E-state index is 13.7. The van der Waals surface area contributed by atoms with Gasteiger partial charge in [-0.15, -0.1) is 0 Å². The van der Waals surface area contributed by atoms with Crippen LogP contribution in [0.15, 0.2) is 204 Å². The summed E-state index contributed by atoms with van der Waals surface area (Å²) in [5.74, 6) is 0.256. The molecule has 0 atom stereocenters. The minimum atomic E-state index is -0.577. The number of hydrogen-bond acceptors (Lipinski definition) is 13. The van der Waals surface area contributed by atoms with E-state index in [0.29, 0.717) is 69.8 Å². The van der Waals surface area contributed by atoms with E-state index in [4.69, 9.17) is 28.4 Å². The van der Waals surface area contributed by atoms with Crippen molar-refractivity contribution in [3.05, 3.63) is 239 Å². The average molecular weight is 1290 g/mol. The van der Waals surface area contributed by atoms with Crippen molar-refractivity contribution < 1.29 is 52.4 Å². The van der Waals surface area contributed by atoms with Crippen LogP contribution in [0.3, 0.4) is 0 Å². The lowest BCUT2D eigenvalue weighted by molar-refractivity contribution is 0.0720. The number of rotatable bonds is 42. The molecular formula is C83H92N2O11. The zero-order valence-corrected chi connectivity index (χ0v) is 55.9. The molecule has 500 valence electrons. The second-order valence-electron chi connectivity index (χ2n) is 24.2. The van der Waals surface area contributed by atoms with Crippen LogP contribution in [-0.2, 0) is 0 Å². The van der Waals surface area contributed by atoms with Crippen molar-refractivity contribution in [1.82, 2.24) is 0 Å². The summed E-state index contributed by atoms with van der Waals surface area (Å²) in [4.78, 5) is 74.8. The van der Waals surface area contributed by atoms with Crippen LogP contribution in [0.4, 0.5) is 11.4 Å². The molecule has 0 saturated carbocycles. The number of nitrogens with zero attached hydrogens (tertiary/aromatic N) is 2. The molecule has 0 bridgehead atoms. The van der Waals surface area contributed by atoms with Gasteiger partial charge in [-0.3, -0.25) is 14.8 Å². The van der Waals surface area contributed by atoms with E-state index < -0.39 is 23.9 Å². The predicted molar refractivity (Wildman–Crippen MR) is 382 cm³/mol. The van der Waals surface area contributed by atoms with Crippen LogP contribution in [-0.4, -0.2) is 55.3 Å². The zero-order valence-electron chi connectivity index (χ0n) is 55.9. The largest absolute Gasteiger partial charge is 0.494 e. The van der Waals surface area contributed by atoms with Crippen molar-refractivity contribution in [2.45, 2.75) is 168 Å². The molecule has 0 aliphatic rings. The quantitative estimate of drug-likeness (QED) is 0.0117. The highest BCUT2D eigenvalue weighted by molar-refractivity contribution is 6.10. The van der Waals surface area contributed by atoms with Gasteiger partial charge in [0.15, 0.2) is 5.78 Å². The summed E-state index contributed by atoms with van der Waals surface area (Å²) in [5.41, 5.74) is 4.83. The summed E-state index contributed by atoms with van der Waals surface area (Å²) in [7, 11) is 0. The van der Waals surface area contributed by atoms with E-state index in [0.717, 1.165) is 36.8 Å². The second kappa shape index (κ2) is 41.2. The summed E-state index contributed by atoms with van der Waals surface area (Å²) in [5, 5.41) is 0. The molecular weight excluding hydrogens is 1200 g/mol. The molecule has 8 rings (SSSR count). The van der Waals surface area contributed by atoms with E-state index in [1.54, 1.807) is 182 Å². The predicted octanol–water partition coefficient (Wildman–Crippen LogP) is 21.5. The summed E-state index contributed by atoms with van der Waals surface area (Å²) < 4.78 is 34.2. The average Bonchev–Trinajstić information content (AvgIpc) is 0.957. The van der Waals surface area contributed by atoms with Gasteiger partial charge in [-0.25, -0.2) is 19.2 Å². The molecule has 0 N–H and O–H groups in total. The molecule has 96 heavy (non-hydrogen) atoms. The van der Waals surface area contributed by atoms with Crippen molar-refractivity contribution in [1.29, 1.82) is 0 Å². The Kier molecular flexibility index (Phi) is 30.9. The highest BCUT2D eigenvalue weighted by Gasteiger charge is 2.16. The molecule has 0 spiro atoms. The van der Waals surface area contributed by atoms with Crippen LogP contribution < -0.4 is 28.4 Å². The maximum absolute atomic E-state index is 13.7. The Bertz CT molecular complexity index is 3470. The SMILES string of the molecule is CCCCCCCCCCCCCCOc1ccc(C(=O)Oc2ccc(C(=O)Oc3ccc(C=Nc4cccc(C(=O)c5cccc(N=Cc6ccc(OC(=O)c7ccc(OC(=O)c8ccc(OCCCCCCCCCCCCCC)cc8)cc7)cc6)c5)c4)cc3)cc2)cc1. The van der Waals surface area contributed by atoms with Crippen LogP contribution >= 0.6 is 0 Å². The highest BCUT2D eigenvalue weighted by Crippen LogP contribution is 2.26. The third kappa shape index (κ3) is 25.9. The van der Waals surface area contributed by atoms with Crippen LogP contribution in [0.25, 0.3) is 0 Å². The van der Waals surface area contributed by atoms with E-state index in [9.17, 15) is 24.0 Å². The molecule has 0 fully saturated rings. The molecule has 0 unspecified atom stereocenters. The number of aliphatic imine (C=N–C) groups is 2. The first-order valence-corrected chi connectivity index (χ1v) is 34.7. The lowest BCUT2D eigenvalue weighted by atomic mass is 10.0. The molecule has 0 heterocycles. The summed E-state index contributed by atoms with van der Waals surface area (Å²) >= 11 is 0. The highest BCUT2D eigenvalue weighted by atomic mass is 16.5. The molecule has 0 radical (unpaired) electrons. The smallest absolute Gasteiger partial charge is 0.343 e. The Morgan fingerprint density at radius 3 is 0.812 bits per heavy atom. The third-order valence-electron chi connectivity index (χ3n) is 16.4. The Labute approximate surface area is 567 Å². The van der Waals surface area contributed by atoms with E-state index >= 15 is 0 Å². The molecule has 13 nitrogen and oxygen atoms in total. The third-order valence-corrected chi connectivity index (χ3v) is 16.4. The van der Waals surface area contributed by atoms with Gasteiger partial charge in [0.25, 0.3) is 0 Å². The van der Waals surface area contributed by atoms with Gasteiger partial charge in [0.2, 0.25) is 0 Å². The minimum absolute atomic E-state index is 0.203. The molecule has 0 amide bonds. The summed E-state index contributed by atoms with van der Waals surface area (Å²) in [6.45, 7) is 5.79. The summed E-state index contributed by atoms with van der Waals surface area (Å²) in [6.07, 6.45) is 34.2. The first kappa shape index (κ1) is 72.1. The number of unbranched alkanes of at least 4 members (excludes halogenated alkanes) is 22. The fraction of sp³-hybridized carbons (Fsp3) is 0.337. The normalized spacial score (nSPS) is 11.2. The first-order chi connectivity index (χ1) is 47.1. The number of carbonyl (C=O) groups is 5. The van der Waals surface area contributed by atoms with E-state index in [1.807, 2.05) is 0 Å². The van der Waals surface area contributed by atoms with Gasteiger partial charge >= 0.3 is 23.9 Å². The van der Waals surface area contributed by atoms with Gasteiger partial charge in [-0.05, 0) is 194 Å². The first-order valence-electron chi connectivity index (χ1n) is 34.7. The van der Waals surface area contributed by atoms with Crippen molar-refractivity contribution >= 4 is 53.5 Å². The number of esters is 4. The Hall–Kier alpha value is -9.75. The molecule has 13 heteroatoms. The zero-order chi connectivity index (χ0) is 67.2. The fourth-order valence-electron chi connectivity index (χ4n) is 10.8. The van der Waals surface area contributed by atoms with Crippen LogP contribution in [0.5, 0.6) is 34.5 Å². The van der Waals surface area contributed by atoms with Crippen LogP contribution in [0.2, 0.25) is 0 Å². The Balaban J connectivity index is 0.705. The molecule has 0 saturated heterocycles. The minimum Gasteiger partial charge on any atom is -0.494 e. The number of ether oxygens (including phenoxy) is 6. The van der Waals surface area contributed by atoms with Crippen molar-refractivity contribution in [2.75, 3.05) is 13.2 Å². The van der Waals surface area contributed by atoms with Gasteiger partial charge in [0, 0.05) is 23.6 Å². The second-order valence-corrected chi connectivity index (χ2v) is 24.2. The number of hydrogen-bond donors (Lipinski definition) is 0. The topological polar surface area (TPSA) is 165 Å². The van der Waals surface area contributed by atoms with Crippen molar-refractivity contribution in [3.63, 3.8) is 0 Å². The van der Waals surface area contributed by atoms with Gasteiger partial charge in [-0.1, -0.05) is 179 Å². The van der Waals surface area contributed by atoms with E-state index in [-0.39, 0.29) is 28.4 Å². The van der Waals surface area contributed by atoms with Gasteiger partial charge < -0.3 is 28.4 Å². The van der Waals surface area contributed by atoms with Gasteiger partial charge in [-0.2, -0.15) is 0 Å². The standard InChI is InChI=1S/C83H92N2O11/c1-3-5-7-9-11-13-15-17-19-21-23-25-57-91-73-49-37-65(38-50-73)80(87)95-77-53-41-67(42-54-77)82(89)93-75-45-33-63(34-46-75)61-84-71-31-27-29-69(59-71)79(86)70-30-28-32-72(60-70)85-62-64-35-47-76(48-36-64)94-83(90)68-43-55-78(56-44-68)96-81(88)66-39-51-74(52-40-66)92-58-26-24-22-20-18-16-14-12-10-8-6-4-2/h27-56,59-62H,3-26,57-58H2,1-2H3. The fourth-order valence-corrected chi connectivity index (χ4v) is 10.8. The Morgan fingerprint density at radius 1 is 0.281 bits per heavy atom. The maximum Gasteiger partial charge on any atom is 0.343 e. The van der Waals surface area contributed by atoms with Crippen molar-refractivity contribution in [3.8, 4) is 34.5 Å². The molecule has 8 aromatic carbocycles. The molecule has 0 aliphatic carbocycles. The van der Waals surface area contributed by atoms with Crippen molar-refractivity contribution in [2.24, 2.45) is 9.98 Å². The lowest BCUT2D eigenvalue weighted by Gasteiger charge is -2.08. The summed E-state index contributed by atoms with van der Waals surface area (Å²) in [6, 6.07) is 53.9. The monoisotopic (exact) mass is 1290 g/mol. The molecule has 0 aromatic heterocycles. The lowest BCUT2D eigenvalue weighted by Crippen LogP contribution is -2.10. The van der Waals surface area contributed by atoms with Gasteiger partial charge in [0.1, 0.15) is 34.5 Å². The van der Waals surface area contributed by atoms with E-state index in [1.165, 1.54) is 153 Å². The van der Waals surface area contributed by atoms with Crippen LogP contribution in [0.1, 0.15) is 236 Å². The Morgan fingerprint density at radius 2 is 0.531 bits per heavy atom. The number of carbonyl (C=O) groups excluding carboxylic acids is 5. The van der Waals surface area contributed by atoms with Gasteiger partial charge in [0.05, 0.1) is 46.8 Å². The van der Waals surface area contributed by atoms with Crippen LogP contribution in [0, 0.1) is 0 Å². The number of ketones is 1. The molecule has 0 aliphatic heterocycles. The van der Waals surface area contributed by atoms with E-state index in [2.05, 4.69) is 23.8 Å².